The summed E-state index contributed by atoms with van der Waals surface area (Å²) in [6.45, 7) is 3.20. The number of carbonyl (C=O) groups is 1. The zero-order valence-electron chi connectivity index (χ0n) is 16.2. The van der Waals surface area contributed by atoms with Crippen LogP contribution in [0.25, 0.3) is 0 Å². The second-order valence-electron chi connectivity index (χ2n) is 7.79. The van der Waals surface area contributed by atoms with Gasteiger partial charge in [0.1, 0.15) is 6.61 Å². The van der Waals surface area contributed by atoms with E-state index in [1.54, 1.807) is 4.90 Å². The molecule has 2 saturated heterocycles. The fraction of sp³-hybridized carbons (Fsp3) is 0.435. The highest BCUT2D eigenvalue weighted by Crippen LogP contribution is 2.41. The molecule has 2 bridgehead atoms. The number of carbonyl (C=O) groups excluding carboxylic acids is 1. The van der Waals surface area contributed by atoms with Crippen molar-refractivity contribution in [2.75, 3.05) is 13.2 Å². The third kappa shape index (κ3) is 3.77. The molecule has 4 rings (SSSR count). The van der Waals surface area contributed by atoms with Crippen molar-refractivity contribution in [3.05, 3.63) is 71.3 Å². The molecule has 0 saturated carbocycles. The molecular formula is C23H27NO4. The Morgan fingerprint density at radius 3 is 2.46 bits per heavy atom. The van der Waals surface area contributed by atoms with Gasteiger partial charge in [-0.3, -0.25) is 4.90 Å². The van der Waals surface area contributed by atoms with Crippen LogP contribution < -0.4 is 0 Å². The van der Waals surface area contributed by atoms with E-state index in [2.05, 4.69) is 19.1 Å². The van der Waals surface area contributed by atoms with E-state index in [0.717, 1.165) is 17.5 Å². The Kier molecular flexibility index (Phi) is 5.38. The summed E-state index contributed by atoms with van der Waals surface area (Å²) in [5, 5.41) is 11.4. The van der Waals surface area contributed by atoms with Gasteiger partial charge >= 0.3 is 6.09 Å². The Hall–Kier alpha value is -2.37. The van der Waals surface area contributed by atoms with Crippen LogP contribution in [-0.2, 0) is 28.1 Å². The van der Waals surface area contributed by atoms with Crippen LogP contribution in [-0.4, -0.2) is 41.4 Å². The lowest BCUT2D eigenvalue weighted by molar-refractivity contribution is -0.136. The molecule has 0 aromatic heterocycles. The van der Waals surface area contributed by atoms with E-state index in [1.807, 2.05) is 42.5 Å². The minimum atomic E-state index is -0.944. The van der Waals surface area contributed by atoms with E-state index in [1.165, 1.54) is 5.56 Å². The van der Waals surface area contributed by atoms with Gasteiger partial charge in [-0.1, -0.05) is 61.5 Å². The second-order valence-corrected chi connectivity index (χ2v) is 7.79. The molecule has 0 radical (unpaired) electrons. The number of aryl methyl sites for hydroxylation is 1. The summed E-state index contributed by atoms with van der Waals surface area (Å²) in [7, 11) is 0. The summed E-state index contributed by atoms with van der Waals surface area (Å²) in [5.41, 5.74) is 2.15. The largest absolute Gasteiger partial charge is 0.445 e. The predicted octanol–water partition coefficient (Wildman–Crippen LogP) is 3.64. The van der Waals surface area contributed by atoms with Crippen LogP contribution >= 0.6 is 0 Å². The number of rotatable bonds is 4. The van der Waals surface area contributed by atoms with E-state index in [9.17, 15) is 9.90 Å². The number of morpholine rings is 1. The van der Waals surface area contributed by atoms with Crippen molar-refractivity contribution >= 4 is 6.09 Å². The maximum atomic E-state index is 12.8. The molecule has 28 heavy (non-hydrogen) atoms. The highest BCUT2D eigenvalue weighted by molar-refractivity contribution is 5.69. The van der Waals surface area contributed by atoms with E-state index in [4.69, 9.17) is 9.47 Å². The molecule has 5 nitrogen and oxygen atoms in total. The standard InChI is InChI=1S/C23H27NO4/c1-2-17-9-6-10-19(11-17)23(26)12-20-15-27-16-21(13-23)24(20)22(25)28-14-18-7-4-3-5-8-18/h3-11,20-21,26H,2,12-16H2,1H3. The molecule has 148 valence electrons. The van der Waals surface area contributed by atoms with E-state index in [0.29, 0.717) is 26.1 Å². The summed E-state index contributed by atoms with van der Waals surface area (Å²) < 4.78 is 11.3. The molecule has 1 N–H and O–H groups in total. The first-order valence-corrected chi connectivity index (χ1v) is 9.97. The molecule has 2 fully saturated rings. The Balaban J connectivity index is 1.49. The quantitative estimate of drug-likeness (QED) is 0.879. The van der Waals surface area contributed by atoms with Gasteiger partial charge in [0.05, 0.1) is 30.9 Å². The molecule has 2 unspecified atom stereocenters. The normalized spacial score (nSPS) is 26.7. The summed E-state index contributed by atoms with van der Waals surface area (Å²) in [5.74, 6) is 0. The highest BCUT2D eigenvalue weighted by atomic mass is 16.6. The van der Waals surface area contributed by atoms with Crippen molar-refractivity contribution < 1.29 is 19.4 Å². The molecule has 0 spiro atoms. The fourth-order valence-corrected chi connectivity index (χ4v) is 4.38. The molecule has 2 heterocycles. The average molecular weight is 381 g/mol. The lowest BCUT2D eigenvalue weighted by Crippen LogP contribution is -2.62. The predicted molar refractivity (Wildman–Crippen MR) is 106 cm³/mol. The third-order valence-corrected chi connectivity index (χ3v) is 5.84. The fourth-order valence-electron chi connectivity index (χ4n) is 4.38. The number of amides is 1. The average Bonchev–Trinajstić information content (AvgIpc) is 2.72. The number of hydrogen-bond donors (Lipinski definition) is 1. The van der Waals surface area contributed by atoms with Gasteiger partial charge < -0.3 is 14.6 Å². The maximum Gasteiger partial charge on any atom is 0.410 e. The topological polar surface area (TPSA) is 59.0 Å². The third-order valence-electron chi connectivity index (χ3n) is 5.84. The van der Waals surface area contributed by atoms with E-state index in [-0.39, 0.29) is 24.8 Å². The molecule has 2 aromatic carbocycles. The van der Waals surface area contributed by atoms with Crippen LogP contribution in [0.1, 0.15) is 36.5 Å². The number of nitrogens with zero attached hydrogens (tertiary/aromatic N) is 1. The number of ether oxygens (including phenoxy) is 2. The van der Waals surface area contributed by atoms with Crippen LogP contribution in [0.4, 0.5) is 4.79 Å². The minimum Gasteiger partial charge on any atom is -0.445 e. The smallest absolute Gasteiger partial charge is 0.410 e. The van der Waals surface area contributed by atoms with Gasteiger partial charge in [0.15, 0.2) is 0 Å². The number of aliphatic hydroxyl groups is 1. The SMILES string of the molecule is CCc1cccc(C2(O)CC3COCC(C2)N3C(=O)OCc2ccccc2)c1. The van der Waals surface area contributed by atoms with Crippen LogP contribution in [0.15, 0.2) is 54.6 Å². The summed E-state index contributed by atoms with van der Waals surface area (Å²) in [6, 6.07) is 17.4. The Morgan fingerprint density at radius 2 is 1.79 bits per heavy atom. The lowest BCUT2D eigenvalue weighted by atomic mass is 9.76. The van der Waals surface area contributed by atoms with Crippen molar-refractivity contribution in [2.24, 2.45) is 0 Å². The van der Waals surface area contributed by atoms with Gasteiger partial charge in [0.2, 0.25) is 0 Å². The first-order chi connectivity index (χ1) is 13.6. The van der Waals surface area contributed by atoms with Gasteiger partial charge in [-0.25, -0.2) is 4.79 Å². The van der Waals surface area contributed by atoms with Crippen molar-refractivity contribution in [3.63, 3.8) is 0 Å². The Labute approximate surface area is 165 Å². The first kappa shape index (κ1) is 19.0. The zero-order chi connectivity index (χ0) is 19.6. The molecule has 5 heteroatoms. The monoisotopic (exact) mass is 381 g/mol. The number of fused-ring (bicyclic) bond motifs is 2. The first-order valence-electron chi connectivity index (χ1n) is 9.97. The number of piperidine rings is 1. The molecule has 2 atom stereocenters. The van der Waals surface area contributed by atoms with Crippen LogP contribution in [0.3, 0.4) is 0 Å². The Morgan fingerprint density at radius 1 is 1.11 bits per heavy atom. The summed E-state index contributed by atoms with van der Waals surface area (Å²) >= 11 is 0. The number of hydrogen-bond acceptors (Lipinski definition) is 4. The van der Waals surface area contributed by atoms with Crippen LogP contribution in [0, 0.1) is 0 Å². The maximum absolute atomic E-state index is 12.8. The van der Waals surface area contributed by atoms with E-state index < -0.39 is 5.60 Å². The zero-order valence-corrected chi connectivity index (χ0v) is 16.2. The minimum absolute atomic E-state index is 0.189. The molecular weight excluding hydrogens is 354 g/mol. The van der Waals surface area contributed by atoms with Crippen molar-refractivity contribution in [3.8, 4) is 0 Å². The summed E-state index contributed by atoms with van der Waals surface area (Å²) in [6.07, 6.45) is 1.51. The molecule has 2 aliphatic rings. The summed E-state index contributed by atoms with van der Waals surface area (Å²) in [4.78, 5) is 14.6. The molecule has 2 aliphatic heterocycles. The lowest BCUT2D eigenvalue weighted by Gasteiger charge is -2.51. The van der Waals surface area contributed by atoms with Crippen molar-refractivity contribution in [2.45, 2.75) is 50.5 Å². The van der Waals surface area contributed by atoms with E-state index >= 15 is 0 Å². The molecule has 2 aromatic rings. The second kappa shape index (κ2) is 7.94. The van der Waals surface area contributed by atoms with Gasteiger partial charge in [-0.2, -0.15) is 0 Å². The van der Waals surface area contributed by atoms with Crippen molar-refractivity contribution in [1.29, 1.82) is 0 Å². The van der Waals surface area contributed by atoms with Gasteiger partial charge in [0, 0.05) is 12.8 Å². The van der Waals surface area contributed by atoms with Crippen LogP contribution in [0.5, 0.6) is 0 Å². The van der Waals surface area contributed by atoms with Gasteiger partial charge in [-0.15, -0.1) is 0 Å². The molecule has 1 amide bonds. The van der Waals surface area contributed by atoms with Gasteiger partial charge in [0.25, 0.3) is 0 Å². The van der Waals surface area contributed by atoms with Crippen molar-refractivity contribution in [1.82, 2.24) is 4.90 Å². The Bertz CT molecular complexity index is 808. The van der Waals surface area contributed by atoms with Gasteiger partial charge in [-0.05, 0) is 23.1 Å². The number of benzene rings is 2. The molecule has 0 aliphatic carbocycles. The highest BCUT2D eigenvalue weighted by Gasteiger charge is 2.49. The van der Waals surface area contributed by atoms with Crippen LogP contribution in [0.2, 0.25) is 0 Å².